The van der Waals surface area contributed by atoms with E-state index in [4.69, 9.17) is 16.3 Å². The summed E-state index contributed by atoms with van der Waals surface area (Å²) in [6.07, 6.45) is -0.393. The number of pyridine rings is 1. The van der Waals surface area contributed by atoms with E-state index in [0.29, 0.717) is 40.9 Å². The number of carbonyl (C=O) groups is 1. The maximum Gasteiger partial charge on any atom is 0.313 e. The Morgan fingerprint density at radius 3 is 3.00 bits per heavy atom. The molecular formula is C15H18ClFN4O2. The molecular weight excluding hydrogens is 323 g/mol. The molecule has 8 heteroatoms. The fourth-order valence-electron chi connectivity index (χ4n) is 2.91. The third-order valence-corrected chi connectivity index (χ3v) is 4.08. The average Bonchev–Trinajstić information content (AvgIpc) is 3.00. The number of hydrogen-bond donors (Lipinski definition) is 1. The first-order chi connectivity index (χ1) is 11.0. The summed E-state index contributed by atoms with van der Waals surface area (Å²) in [5, 5.41) is 0.299. The molecule has 124 valence electrons. The van der Waals surface area contributed by atoms with Crippen molar-refractivity contribution in [3.63, 3.8) is 0 Å². The largest absolute Gasteiger partial charge is 0.466 e. The molecule has 3 rings (SSSR count). The second kappa shape index (κ2) is 6.31. The first-order valence-electron chi connectivity index (χ1n) is 7.59. The molecule has 0 aromatic carbocycles. The van der Waals surface area contributed by atoms with Gasteiger partial charge in [-0.2, -0.15) is 0 Å². The number of fused-ring (bicyclic) bond motifs is 1. The molecule has 6 nitrogen and oxygen atoms in total. The molecule has 0 amide bonds. The number of rotatable bonds is 4. The normalized spacial score (nSPS) is 21.1. The van der Waals surface area contributed by atoms with Crippen LogP contribution in [0.2, 0.25) is 5.15 Å². The molecule has 1 aliphatic rings. The fourth-order valence-corrected chi connectivity index (χ4v) is 3.10. The molecule has 1 saturated heterocycles. The number of aromatic nitrogens is 3. The first kappa shape index (κ1) is 16.0. The van der Waals surface area contributed by atoms with Gasteiger partial charge in [-0.1, -0.05) is 11.6 Å². The van der Waals surface area contributed by atoms with Crippen molar-refractivity contribution in [1.29, 1.82) is 0 Å². The Labute approximate surface area is 138 Å². The van der Waals surface area contributed by atoms with Crippen molar-refractivity contribution in [2.45, 2.75) is 38.9 Å². The highest BCUT2D eigenvalue weighted by Gasteiger charge is 2.31. The Morgan fingerprint density at radius 1 is 1.57 bits per heavy atom. The summed E-state index contributed by atoms with van der Waals surface area (Å²) in [6.45, 7) is 4.28. The van der Waals surface area contributed by atoms with Crippen molar-refractivity contribution in [2.75, 3.05) is 18.1 Å². The van der Waals surface area contributed by atoms with Gasteiger partial charge in [0.25, 0.3) is 0 Å². The molecule has 0 aliphatic carbocycles. The first-order valence-corrected chi connectivity index (χ1v) is 7.97. The zero-order valence-corrected chi connectivity index (χ0v) is 13.7. The molecule has 0 unspecified atom stereocenters. The molecule has 0 saturated carbocycles. The number of imidazole rings is 1. The number of halogens is 2. The van der Waals surface area contributed by atoms with Gasteiger partial charge in [-0.25, -0.2) is 14.4 Å². The van der Waals surface area contributed by atoms with Crippen molar-refractivity contribution >= 4 is 34.4 Å². The summed E-state index contributed by atoms with van der Waals surface area (Å²) in [7, 11) is 0. The van der Waals surface area contributed by atoms with E-state index in [1.165, 1.54) is 0 Å². The molecule has 0 spiro atoms. The molecule has 23 heavy (non-hydrogen) atoms. The molecule has 3 heterocycles. The van der Waals surface area contributed by atoms with Crippen LogP contribution in [0.1, 0.15) is 26.1 Å². The maximum absolute atomic E-state index is 13.7. The van der Waals surface area contributed by atoms with Crippen LogP contribution in [0, 0.1) is 0 Å². The number of nitrogens with zero attached hydrogens (tertiary/aromatic N) is 3. The monoisotopic (exact) mass is 340 g/mol. The van der Waals surface area contributed by atoms with Gasteiger partial charge in [0, 0.05) is 18.5 Å². The van der Waals surface area contributed by atoms with E-state index < -0.39 is 6.17 Å². The summed E-state index contributed by atoms with van der Waals surface area (Å²) in [5.41, 5.74) is 1.27. The van der Waals surface area contributed by atoms with Crippen LogP contribution in [-0.4, -0.2) is 46.3 Å². The van der Waals surface area contributed by atoms with Gasteiger partial charge in [-0.3, -0.25) is 4.79 Å². The third-order valence-electron chi connectivity index (χ3n) is 3.88. The minimum absolute atomic E-state index is 0.0179. The summed E-state index contributed by atoms with van der Waals surface area (Å²) in [4.78, 5) is 25.3. The van der Waals surface area contributed by atoms with E-state index in [0.717, 1.165) is 0 Å². The number of aromatic amines is 1. The van der Waals surface area contributed by atoms with Crippen LogP contribution in [-0.2, 0) is 16.0 Å². The lowest BCUT2D eigenvalue weighted by Gasteiger charge is -2.22. The smallest absolute Gasteiger partial charge is 0.313 e. The van der Waals surface area contributed by atoms with Gasteiger partial charge in [0.05, 0.1) is 18.7 Å². The third kappa shape index (κ3) is 3.24. The number of H-pyrrole nitrogens is 1. The van der Waals surface area contributed by atoms with E-state index in [1.807, 2.05) is 11.8 Å². The van der Waals surface area contributed by atoms with Gasteiger partial charge in [0.1, 0.15) is 29.1 Å². The lowest BCUT2D eigenvalue weighted by Crippen LogP contribution is -2.28. The Bertz CT molecular complexity index is 736. The van der Waals surface area contributed by atoms with Gasteiger partial charge in [-0.15, -0.1) is 0 Å². The fraction of sp³-hybridized carbons (Fsp3) is 0.533. The van der Waals surface area contributed by atoms with E-state index in [9.17, 15) is 9.18 Å². The Balaban J connectivity index is 1.98. The molecule has 0 bridgehead atoms. The summed E-state index contributed by atoms with van der Waals surface area (Å²) >= 11 is 6.08. The van der Waals surface area contributed by atoms with Gasteiger partial charge < -0.3 is 14.6 Å². The molecule has 2 aromatic heterocycles. The van der Waals surface area contributed by atoms with Crippen LogP contribution in [0.15, 0.2) is 6.07 Å². The lowest BCUT2D eigenvalue weighted by molar-refractivity contribution is -0.142. The minimum Gasteiger partial charge on any atom is -0.466 e. The van der Waals surface area contributed by atoms with Crippen LogP contribution in [0.3, 0.4) is 0 Å². The van der Waals surface area contributed by atoms with E-state index in [1.54, 1.807) is 13.0 Å². The second-order valence-electron chi connectivity index (χ2n) is 5.66. The maximum atomic E-state index is 13.7. The summed E-state index contributed by atoms with van der Waals surface area (Å²) in [6, 6.07) is 1.67. The summed E-state index contributed by atoms with van der Waals surface area (Å²) in [5.74, 6) is 0.671. The van der Waals surface area contributed by atoms with Crippen LogP contribution in [0.25, 0.3) is 11.0 Å². The van der Waals surface area contributed by atoms with Gasteiger partial charge in [0.2, 0.25) is 0 Å². The average molecular weight is 341 g/mol. The summed E-state index contributed by atoms with van der Waals surface area (Å²) < 4.78 is 18.6. The van der Waals surface area contributed by atoms with Gasteiger partial charge in [-0.05, 0) is 13.8 Å². The second-order valence-corrected chi connectivity index (χ2v) is 6.05. The van der Waals surface area contributed by atoms with Crippen molar-refractivity contribution in [1.82, 2.24) is 15.0 Å². The standard InChI is InChI=1S/C15H18ClFN4O2/c1-3-23-13(22)6-12-18-10-5-11(16)19-15(14(10)20-12)21-7-9(17)4-8(21)2/h5,8-9H,3-4,6-7H2,1-2H3,(H,18,20)/t8-,9-/m1/s1. The number of anilines is 1. The molecule has 2 atom stereocenters. The van der Waals surface area contributed by atoms with E-state index in [-0.39, 0.29) is 25.0 Å². The van der Waals surface area contributed by atoms with Crippen LogP contribution >= 0.6 is 11.6 Å². The lowest BCUT2D eigenvalue weighted by atomic mass is 10.2. The number of nitrogens with one attached hydrogen (secondary N) is 1. The Morgan fingerprint density at radius 2 is 2.35 bits per heavy atom. The van der Waals surface area contributed by atoms with Crippen LogP contribution < -0.4 is 4.90 Å². The van der Waals surface area contributed by atoms with Crippen molar-refractivity contribution in [3.05, 3.63) is 17.0 Å². The minimum atomic E-state index is -0.890. The molecule has 1 N–H and O–H groups in total. The predicted molar refractivity (Wildman–Crippen MR) is 85.6 cm³/mol. The number of ether oxygens (including phenoxy) is 1. The van der Waals surface area contributed by atoms with Crippen molar-refractivity contribution < 1.29 is 13.9 Å². The highest BCUT2D eigenvalue weighted by atomic mass is 35.5. The van der Waals surface area contributed by atoms with Gasteiger partial charge in [0.15, 0.2) is 5.82 Å². The zero-order valence-electron chi connectivity index (χ0n) is 13.0. The molecule has 0 radical (unpaired) electrons. The molecule has 1 aliphatic heterocycles. The quantitative estimate of drug-likeness (QED) is 0.684. The van der Waals surface area contributed by atoms with E-state index in [2.05, 4.69) is 15.0 Å². The predicted octanol–water partition coefficient (Wildman–Crippen LogP) is 2.65. The molecule has 2 aromatic rings. The number of carbonyl (C=O) groups excluding carboxylic acids is 1. The highest BCUT2D eigenvalue weighted by Crippen LogP contribution is 2.32. The number of hydrogen-bond acceptors (Lipinski definition) is 5. The number of esters is 1. The zero-order chi connectivity index (χ0) is 16.6. The van der Waals surface area contributed by atoms with Crippen molar-refractivity contribution in [2.24, 2.45) is 0 Å². The van der Waals surface area contributed by atoms with Gasteiger partial charge >= 0.3 is 5.97 Å². The molecule has 1 fully saturated rings. The van der Waals surface area contributed by atoms with Crippen LogP contribution in [0.5, 0.6) is 0 Å². The highest BCUT2D eigenvalue weighted by molar-refractivity contribution is 6.30. The Kier molecular flexibility index (Phi) is 4.39. The van der Waals surface area contributed by atoms with Crippen LogP contribution in [0.4, 0.5) is 10.2 Å². The van der Waals surface area contributed by atoms with E-state index >= 15 is 0 Å². The number of alkyl halides is 1. The Hall–Kier alpha value is -1.89. The topological polar surface area (TPSA) is 71.1 Å². The van der Waals surface area contributed by atoms with Crippen molar-refractivity contribution in [3.8, 4) is 0 Å². The SMILES string of the molecule is CCOC(=O)Cc1nc2c(N3C[C@H](F)C[C@H]3C)nc(Cl)cc2[nH]1.